The van der Waals surface area contributed by atoms with Gasteiger partial charge in [-0.15, -0.1) is 0 Å². The summed E-state index contributed by atoms with van der Waals surface area (Å²) in [5.74, 6) is 0.431. The van der Waals surface area contributed by atoms with Gasteiger partial charge in [-0.25, -0.2) is 0 Å². The average molecular weight is 199 g/mol. The van der Waals surface area contributed by atoms with Crippen LogP contribution in [-0.4, -0.2) is 24.7 Å². The van der Waals surface area contributed by atoms with Gasteiger partial charge in [-0.05, 0) is 46.2 Å². The molecule has 1 saturated heterocycles. The molecule has 0 spiro atoms. The van der Waals surface area contributed by atoms with Crippen molar-refractivity contribution in [3.8, 4) is 0 Å². The molecule has 14 heavy (non-hydrogen) atoms. The number of piperidine rings is 1. The lowest BCUT2D eigenvalue weighted by Gasteiger charge is -2.30. The second kappa shape index (κ2) is 4.30. The van der Waals surface area contributed by atoms with Crippen molar-refractivity contribution in [3.05, 3.63) is 0 Å². The van der Waals surface area contributed by atoms with Crippen LogP contribution in [0.1, 0.15) is 34.1 Å². The van der Waals surface area contributed by atoms with Crippen molar-refractivity contribution in [2.45, 2.75) is 39.7 Å². The molecular weight excluding hydrogens is 178 g/mol. The predicted molar refractivity (Wildman–Crippen MR) is 56.0 cm³/mol. The van der Waals surface area contributed by atoms with Crippen molar-refractivity contribution in [2.24, 2.45) is 11.8 Å². The van der Waals surface area contributed by atoms with E-state index in [0.29, 0.717) is 5.92 Å². The van der Waals surface area contributed by atoms with Crippen molar-refractivity contribution < 1.29 is 9.53 Å². The molecule has 3 heteroatoms. The van der Waals surface area contributed by atoms with E-state index in [1.165, 1.54) is 0 Å². The third-order valence-electron chi connectivity index (χ3n) is 2.49. The van der Waals surface area contributed by atoms with E-state index in [9.17, 15) is 4.79 Å². The van der Waals surface area contributed by atoms with Crippen molar-refractivity contribution >= 4 is 5.97 Å². The van der Waals surface area contributed by atoms with Crippen LogP contribution in [0.3, 0.4) is 0 Å². The maximum Gasteiger partial charge on any atom is 0.309 e. The van der Waals surface area contributed by atoms with E-state index in [1.54, 1.807) is 0 Å². The summed E-state index contributed by atoms with van der Waals surface area (Å²) in [7, 11) is 0. The molecule has 2 atom stereocenters. The van der Waals surface area contributed by atoms with E-state index in [0.717, 1.165) is 19.5 Å². The second-order valence-electron chi connectivity index (χ2n) is 5.11. The van der Waals surface area contributed by atoms with E-state index < -0.39 is 0 Å². The van der Waals surface area contributed by atoms with Crippen LogP contribution in [0.5, 0.6) is 0 Å². The van der Waals surface area contributed by atoms with E-state index in [2.05, 4.69) is 12.2 Å². The Hall–Kier alpha value is -0.570. The van der Waals surface area contributed by atoms with Crippen LogP contribution in [0.25, 0.3) is 0 Å². The van der Waals surface area contributed by atoms with Crippen molar-refractivity contribution in [2.75, 3.05) is 13.1 Å². The first kappa shape index (κ1) is 11.5. The zero-order valence-corrected chi connectivity index (χ0v) is 9.59. The van der Waals surface area contributed by atoms with Gasteiger partial charge < -0.3 is 10.1 Å². The lowest BCUT2D eigenvalue weighted by Crippen LogP contribution is -2.41. The quantitative estimate of drug-likeness (QED) is 0.651. The standard InChI is InChI=1S/C11H21NO2/c1-8-7-12-6-5-9(8)10(13)14-11(2,3)4/h8-9,12H,5-7H2,1-4H3. The number of esters is 1. The van der Waals surface area contributed by atoms with Crippen LogP contribution in [0.15, 0.2) is 0 Å². The van der Waals surface area contributed by atoms with Crippen molar-refractivity contribution in [1.82, 2.24) is 5.32 Å². The largest absolute Gasteiger partial charge is 0.460 e. The summed E-state index contributed by atoms with van der Waals surface area (Å²) in [6.45, 7) is 9.68. The summed E-state index contributed by atoms with van der Waals surface area (Å²) in [5, 5.41) is 3.27. The Kier molecular flexibility index (Phi) is 3.53. The molecule has 0 aromatic carbocycles. The molecule has 0 bridgehead atoms. The van der Waals surface area contributed by atoms with Crippen LogP contribution >= 0.6 is 0 Å². The first-order valence-electron chi connectivity index (χ1n) is 5.34. The summed E-state index contributed by atoms with van der Waals surface area (Å²) < 4.78 is 5.38. The van der Waals surface area contributed by atoms with Gasteiger partial charge in [0.2, 0.25) is 0 Å². The summed E-state index contributed by atoms with van der Waals surface area (Å²) in [6.07, 6.45) is 0.899. The summed E-state index contributed by atoms with van der Waals surface area (Å²) in [4.78, 5) is 11.8. The summed E-state index contributed by atoms with van der Waals surface area (Å²) in [5.41, 5.74) is -0.359. The van der Waals surface area contributed by atoms with Crippen molar-refractivity contribution in [3.63, 3.8) is 0 Å². The minimum atomic E-state index is -0.359. The summed E-state index contributed by atoms with van der Waals surface area (Å²) >= 11 is 0. The van der Waals surface area contributed by atoms with Gasteiger partial charge in [0.1, 0.15) is 5.60 Å². The van der Waals surface area contributed by atoms with E-state index in [-0.39, 0.29) is 17.5 Å². The van der Waals surface area contributed by atoms with Gasteiger partial charge in [0, 0.05) is 0 Å². The van der Waals surface area contributed by atoms with Crippen LogP contribution in [0.2, 0.25) is 0 Å². The smallest absolute Gasteiger partial charge is 0.309 e. The van der Waals surface area contributed by atoms with Gasteiger partial charge in [0.25, 0.3) is 0 Å². The molecule has 1 fully saturated rings. The molecule has 0 radical (unpaired) electrons. The molecular formula is C11H21NO2. The van der Waals surface area contributed by atoms with Crippen LogP contribution < -0.4 is 5.32 Å². The van der Waals surface area contributed by atoms with Gasteiger partial charge in [-0.3, -0.25) is 4.79 Å². The lowest BCUT2D eigenvalue weighted by molar-refractivity contribution is -0.162. The number of rotatable bonds is 1. The number of carbonyl (C=O) groups excluding carboxylic acids is 1. The minimum absolute atomic E-state index is 0.0356. The molecule has 1 aliphatic heterocycles. The Balaban J connectivity index is 2.50. The zero-order valence-electron chi connectivity index (χ0n) is 9.59. The average Bonchev–Trinajstić information content (AvgIpc) is 2.01. The van der Waals surface area contributed by atoms with E-state index in [1.807, 2.05) is 20.8 Å². The molecule has 1 rings (SSSR count). The van der Waals surface area contributed by atoms with Gasteiger partial charge in [-0.1, -0.05) is 6.92 Å². The Labute approximate surface area is 86.2 Å². The first-order chi connectivity index (χ1) is 6.40. The second-order valence-corrected chi connectivity index (χ2v) is 5.11. The van der Waals surface area contributed by atoms with Crippen LogP contribution in [0, 0.1) is 11.8 Å². The Bertz CT molecular complexity index is 208. The van der Waals surface area contributed by atoms with E-state index in [4.69, 9.17) is 4.74 Å². The fourth-order valence-corrected chi connectivity index (χ4v) is 1.74. The normalized spacial score (nSPS) is 28.6. The monoisotopic (exact) mass is 199 g/mol. The maximum atomic E-state index is 11.8. The third-order valence-corrected chi connectivity index (χ3v) is 2.49. The Morgan fingerprint density at radius 3 is 2.57 bits per heavy atom. The van der Waals surface area contributed by atoms with Crippen molar-refractivity contribution in [1.29, 1.82) is 0 Å². The zero-order chi connectivity index (χ0) is 10.8. The highest BCUT2D eigenvalue weighted by atomic mass is 16.6. The Morgan fingerprint density at radius 1 is 1.43 bits per heavy atom. The predicted octanol–water partition coefficient (Wildman–Crippen LogP) is 1.57. The minimum Gasteiger partial charge on any atom is -0.460 e. The summed E-state index contributed by atoms with van der Waals surface area (Å²) in [6, 6.07) is 0. The highest BCUT2D eigenvalue weighted by Crippen LogP contribution is 2.22. The van der Waals surface area contributed by atoms with Gasteiger partial charge >= 0.3 is 5.97 Å². The highest BCUT2D eigenvalue weighted by Gasteiger charge is 2.31. The molecule has 1 N–H and O–H groups in total. The number of hydrogen-bond acceptors (Lipinski definition) is 3. The number of nitrogens with one attached hydrogen (secondary N) is 1. The molecule has 1 heterocycles. The maximum absolute atomic E-state index is 11.8. The Morgan fingerprint density at radius 2 is 2.07 bits per heavy atom. The van der Waals surface area contributed by atoms with Gasteiger partial charge in [-0.2, -0.15) is 0 Å². The molecule has 0 aliphatic carbocycles. The molecule has 82 valence electrons. The van der Waals surface area contributed by atoms with Gasteiger partial charge in [0.15, 0.2) is 0 Å². The fourth-order valence-electron chi connectivity index (χ4n) is 1.74. The molecule has 0 amide bonds. The molecule has 1 aliphatic rings. The molecule has 0 aromatic rings. The number of ether oxygens (including phenoxy) is 1. The molecule has 2 unspecified atom stereocenters. The molecule has 0 saturated carbocycles. The lowest BCUT2D eigenvalue weighted by atomic mass is 9.88. The number of hydrogen-bond donors (Lipinski definition) is 1. The molecule has 3 nitrogen and oxygen atoms in total. The molecule has 0 aromatic heterocycles. The first-order valence-corrected chi connectivity index (χ1v) is 5.34. The third kappa shape index (κ3) is 3.29. The van der Waals surface area contributed by atoms with Gasteiger partial charge in [0.05, 0.1) is 5.92 Å². The van der Waals surface area contributed by atoms with Crippen LogP contribution in [0.4, 0.5) is 0 Å². The fraction of sp³-hybridized carbons (Fsp3) is 0.909. The topological polar surface area (TPSA) is 38.3 Å². The highest BCUT2D eigenvalue weighted by molar-refractivity contribution is 5.73. The van der Waals surface area contributed by atoms with Crippen LogP contribution in [-0.2, 0) is 9.53 Å². The van der Waals surface area contributed by atoms with E-state index >= 15 is 0 Å². The number of carbonyl (C=O) groups is 1. The SMILES string of the molecule is CC1CNCCC1C(=O)OC(C)(C)C.